The molecule has 1 heterocycles. The van der Waals surface area contributed by atoms with E-state index in [9.17, 15) is 39.3 Å². The molecule has 0 aliphatic heterocycles. The number of aromatic nitrogens is 2. The van der Waals surface area contributed by atoms with Gasteiger partial charge in [-0.05, 0) is 36.5 Å². The molecule has 212 valence electrons. The molecule has 0 spiro atoms. The molecule has 0 aliphatic rings. The van der Waals surface area contributed by atoms with Crippen molar-refractivity contribution in [3.8, 4) is 5.75 Å². The molecule has 1 aromatic heterocycles. The number of nitrogens with one attached hydrogen (secondary N) is 4. The third-order valence-electron chi connectivity index (χ3n) is 5.67. The maximum atomic E-state index is 13.1. The predicted octanol–water partition coefficient (Wildman–Crippen LogP) is -0.712. The third kappa shape index (κ3) is 10.4. The van der Waals surface area contributed by atoms with Crippen LogP contribution >= 0.6 is 0 Å². The molecule has 39 heavy (non-hydrogen) atoms. The van der Waals surface area contributed by atoms with Crippen molar-refractivity contribution in [1.82, 2.24) is 25.9 Å². The smallest absolute Gasteiger partial charge is 0.326 e. The van der Waals surface area contributed by atoms with Crippen LogP contribution < -0.4 is 21.7 Å². The lowest BCUT2D eigenvalue weighted by Gasteiger charge is -2.25. The van der Waals surface area contributed by atoms with Gasteiger partial charge in [-0.15, -0.1) is 0 Å². The summed E-state index contributed by atoms with van der Waals surface area (Å²) in [5.41, 5.74) is 7.11. The van der Waals surface area contributed by atoms with Crippen molar-refractivity contribution >= 4 is 29.7 Å². The number of nitrogens with zero attached hydrogens (tertiary/aromatic N) is 1. The molecule has 0 fully saturated rings. The van der Waals surface area contributed by atoms with Crippen LogP contribution in [0.15, 0.2) is 36.8 Å². The Hall–Kier alpha value is -4.46. The Morgan fingerprint density at radius 3 is 2.03 bits per heavy atom. The fraction of sp³-hybridized carbons (Fsp3) is 0.440. The number of carboxylic acids is 2. The normalized spacial score (nSPS) is 14.1. The van der Waals surface area contributed by atoms with E-state index in [1.54, 1.807) is 26.0 Å². The number of aliphatic carboxylic acids is 2. The zero-order valence-corrected chi connectivity index (χ0v) is 21.6. The first kappa shape index (κ1) is 30.8. The Balaban J connectivity index is 2.11. The molecule has 4 unspecified atom stereocenters. The van der Waals surface area contributed by atoms with Gasteiger partial charge in [0.1, 0.15) is 23.9 Å². The number of nitrogens with two attached hydrogens (primary N) is 1. The average molecular weight is 547 g/mol. The Labute approximate surface area is 224 Å². The molecule has 9 N–H and O–H groups in total. The van der Waals surface area contributed by atoms with Crippen LogP contribution in [-0.4, -0.2) is 79.1 Å². The minimum atomic E-state index is -1.61. The van der Waals surface area contributed by atoms with Crippen LogP contribution in [0.5, 0.6) is 5.75 Å². The highest BCUT2D eigenvalue weighted by Gasteiger charge is 2.32. The van der Waals surface area contributed by atoms with Gasteiger partial charge < -0.3 is 42.0 Å². The van der Waals surface area contributed by atoms with E-state index in [1.165, 1.54) is 24.7 Å². The highest BCUT2D eigenvalue weighted by atomic mass is 16.4. The summed E-state index contributed by atoms with van der Waals surface area (Å²) in [6.45, 7) is 3.61. The molecule has 2 aromatic rings. The van der Waals surface area contributed by atoms with Crippen LogP contribution in [0.3, 0.4) is 0 Å². The van der Waals surface area contributed by atoms with Crippen LogP contribution in [0.4, 0.5) is 0 Å². The number of phenolic OH excluding ortho intramolecular Hbond substituents is 1. The quantitative estimate of drug-likeness (QED) is 0.140. The maximum Gasteiger partial charge on any atom is 0.326 e. The van der Waals surface area contributed by atoms with Crippen molar-refractivity contribution in [1.29, 1.82) is 0 Å². The summed E-state index contributed by atoms with van der Waals surface area (Å²) in [5, 5.41) is 35.3. The van der Waals surface area contributed by atoms with Gasteiger partial charge in [0, 0.05) is 18.3 Å². The molecular weight excluding hydrogens is 512 g/mol. The number of imidazole rings is 1. The van der Waals surface area contributed by atoms with Crippen molar-refractivity contribution in [3.63, 3.8) is 0 Å². The first-order chi connectivity index (χ1) is 18.3. The molecule has 0 saturated carbocycles. The number of carbonyl (C=O) groups excluding carboxylic acids is 3. The summed E-state index contributed by atoms with van der Waals surface area (Å²) in [6.07, 6.45) is 2.02. The molecule has 14 nitrogen and oxygen atoms in total. The lowest BCUT2D eigenvalue weighted by Crippen LogP contribution is -2.58. The largest absolute Gasteiger partial charge is 0.508 e. The zero-order chi connectivity index (χ0) is 29.1. The van der Waals surface area contributed by atoms with E-state index < -0.39 is 60.2 Å². The van der Waals surface area contributed by atoms with Gasteiger partial charge in [0.2, 0.25) is 17.7 Å². The Kier molecular flexibility index (Phi) is 11.4. The van der Waals surface area contributed by atoms with Crippen molar-refractivity contribution in [2.45, 2.75) is 63.7 Å². The Morgan fingerprint density at radius 2 is 1.49 bits per heavy atom. The lowest BCUT2D eigenvalue weighted by molar-refractivity contribution is -0.143. The molecule has 0 saturated heterocycles. The van der Waals surface area contributed by atoms with Gasteiger partial charge >= 0.3 is 11.9 Å². The highest BCUT2D eigenvalue weighted by molar-refractivity contribution is 5.95. The maximum absolute atomic E-state index is 13.1. The fourth-order valence-electron chi connectivity index (χ4n) is 3.71. The van der Waals surface area contributed by atoms with Crippen LogP contribution in [0.2, 0.25) is 0 Å². The van der Waals surface area contributed by atoms with E-state index in [1.807, 2.05) is 0 Å². The summed E-state index contributed by atoms with van der Waals surface area (Å²) in [5.74, 6) is -5.28. The minimum Gasteiger partial charge on any atom is -0.508 e. The van der Waals surface area contributed by atoms with Crippen LogP contribution in [-0.2, 0) is 36.8 Å². The average Bonchev–Trinajstić information content (AvgIpc) is 3.36. The number of phenols is 1. The van der Waals surface area contributed by atoms with Gasteiger partial charge in [0.15, 0.2) is 0 Å². The van der Waals surface area contributed by atoms with Crippen LogP contribution in [0.1, 0.15) is 37.9 Å². The Morgan fingerprint density at radius 1 is 0.897 bits per heavy atom. The van der Waals surface area contributed by atoms with Crippen molar-refractivity contribution in [3.05, 3.63) is 48.0 Å². The number of aromatic amines is 1. The standard InChI is InChI=1S/C25H34N6O8/c1-13(2)7-18(29-22(35)17(26)8-14-3-5-16(32)6-4-14)23(36)30-19(10-21(33)34)24(37)31-20(25(38)39)9-15-11-27-12-28-15/h3-6,11-13,17-20,32H,7-10,26H2,1-2H3,(H,27,28)(H,29,35)(H,30,36)(H,31,37)(H,33,34)(H,38,39). The Bertz CT molecular complexity index is 1140. The number of carbonyl (C=O) groups is 5. The summed E-state index contributed by atoms with van der Waals surface area (Å²) in [4.78, 5) is 68.3. The zero-order valence-electron chi connectivity index (χ0n) is 21.6. The molecule has 3 amide bonds. The molecule has 4 atom stereocenters. The van der Waals surface area contributed by atoms with Gasteiger partial charge in [-0.3, -0.25) is 19.2 Å². The van der Waals surface area contributed by atoms with Crippen molar-refractivity contribution in [2.75, 3.05) is 0 Å². The van der Waals surface area contributed by atoms with Gasteiger partial charge in [-0.25, -0.2) is 9.78 Å². The molecule has 14 heteroatoms. The first-order valence-electron chi connectivity index (χ1n) is 12.2. The minimum absolute atomic E-state index is 0.0568. The van der Waals surface area contributed by atoms with Crippen LogP contribution in [0.25, 0.3) is 0 Å². The fourth-order valence-corrected chi connectivity index (χ4v) is 3.71. The molecule has 1 aromatic carbocycles. The number of hydrogen-bond acceptors (Lipinski definition) is 8. The first-order valence-corrected chi connectivity index (χ1v) is 12.2. The van der Waals surface area contributed by atoms with E-state index in [-0.39, 0.29) is 30.9 Å². The number of carboxylic acid groups (broad SMARTS) is 2. The second kappa shape index (κ2) is 14.5. The third-order valence-corrected chi connectivity index (χ3v) is 5.67. The molecule has 2 rings (SSSR count). The lowest BCUT2D eigenvalue weighted by atomic mass is 10.0. The van der Waals surface area contributed by atoms with Gasteiger partial charge in [-0.1, -0.05) is 26.0 Å². The van der Waals surface area contributed by atoms with Gasteiger partial charge in [-0.2, -0.15) is 0 Å². The molecule has 0 aliphatic carbocycles. The molecule has 0 bridgehead atoms. The highest BCUT2D eigenvalue weighted by Crippen LogP contribution is 2.12. The molecule has 0 radical (unpaired) electrons. The molecular formula is C25H34N6O8. The number of H-pyrrole nitrogens is 1. The number of benzene rings is 1. The van der Waals surface area contributed by atoms with Gasteiger partial charge in [0.25, 0.3) is 0 Å². The monoisotopic (exact) mass is 546 g/mol. The number of hydrogen-bond donors (Lipinski definition) is 8. The van der Waals surface area contributed by atoms with E-state index in [2.05, 4.69) is 25.9 Å². The van der Waals surface area contributed by atoms with E-state index >= 15 is 0 Å². The topological polar surface area (TPSA) is 237 Å². The second-order valence-electron chi connectivity index (χ2n) is 9.51. The predicted molar refractivity (Wildman–Crippen MR) is 137 cm³/mol. The number of aromatic hydroxyl groups is 1. The van der Waals surface area contributed by atoms with Crippen molar-refractivity contribution < 1.29 is 39.3 Å². The van der Waals surface area contributed by atoms with Crippen LogP contribution in [0, 0.1) is 5.92 Å². The van der Waals surface area contributed by atoms with Crippen molar-refractivity contribution in [2.24, 2.45) is 11.7 Å². The summed E-state index contributed by atoms with van der Waals surface area (Å²) < 4.78 is 0. The van der Waals surface area contributed by atoms with E-state index in [0.29, 0.717) is 11.3 Å². The second-order valence-corrected chi connectivity index (χ2v) is 9.51. The summed E-state index contributed by atoms with van der Waals surface area (Å²) in [6, 6.07) is 0.894. The number of rotatable bonds is 15. The number of amides is 3. The van der Waals surface area contributed by atoms with E-state index in [0.717, 1.165) is 0 Å². The van der Waals surface area contributed by atoms with Gasteiger partial charge in [0.05, 0.1) is 18.8 Å². The van der Waals surface area contributed by atoms with E-state index in [4.69, 9.17) is 5.73 Å². The SMILES string of the molecule is CC(C)CC(NC(=O)C(N)Cc1ccc(O)cc1)C(=O)NC(CC(=O)O)C(=O)NC(Cc1cnc[nH]1)C(=O)O. The summed E-state index contributed by atoms with van der Waals surface area (Å²) >= 11 is 0. The summed E-state index contributed by atoms with van der Waals surface area (Å²) in [7, 11) is 0.